The number of aromatic nitrogens is 3. The Labute approximate surface area is 138 Å². The maximum absolute atomic E-state index is 12.0. The van der Waals surface area contributed by atoms with Gasteiger partial charge in [-0.05, 0) is 12.1 Å². The van der Waals surface area contributed by atoms with Crippen LogP contribution in [-0.4, -0.2) is 26.2 Å². The van der Waals surface area contributed by atoms with Gasteiger partial charge in [-0.2, -0.15) is 5.10 Å². The molecule has 0 aliphatic carbocycles. The van der Waals surface area contributed by atoms with E-state index in [4.69, 9.17) is 5.73 Å². The highest BCUT2D eigenvalue weighted by Crippen LogP contribution is 2.21. The molecule has 0 atom stereocenters. The molecule has 0 aliphatic heterocycles. The number of carbonyl (C=O) groups excluding carboxylic acids is 2. The van der Waals surface area contributed by atoms with E-state index in [1.807, 2.05) is 42.1 Å². The molecule has 24 heavy (non-hydrogen) atoms. The number of hydrogen-bond acceptors (Lipinski definition) is 3. The Balaban J connectivity index is 1.71. The Bertz CT molecular complexity index is 936. The van der Waals surface area contributed by atoms with Crippen molar-refractivity contribution < 1.29 is 9.59 Å². The summed E-state index contributed by atoms with van der Waals surface area (Å²) in [4.78, 5) is 22.9. The van der Waals surface area contributed by atoms with Gasteiger partial charge in [-0.1, -0.05) is 18.2 Å². The van der Waals surface area contributed by atoms with Crippen LogP contribution in [0.3, 0.4) is 0 Å². The summed E-state index contributed by atoms with van der Waals surface area (Å²) in [5.41, 5.74) is 7.67. The van der Waals surface area contributed by atoms with Crippen LogP contribution in [0.15, 0.2) is 48.9 Å². The molecule has 0 radical (unpaired) electrons. The molecule has 0 spiro atoms. The normalized spacial score (nSPS) is 11.2. The lowest BCUT2D eigenvalue weighted by Crippen LogP contribution is -2.18. The topological polar surface area (TPSA) is 94.9 Å². The number of benzene rings is 1. The molecule has 0 unspecified atom stereocenters. The molecule has 3 N–H and O–H groups in total. The lowest BCUT2D eigenvalue weighted by molar-refractivity contribution is -0.118. The van der Waals surface area contributed by atoms with Crippen molar-refractivity contribution in [1.82, 2.24) is 14.3 Å². The van der Waals surface area contributed by atoms with Crippen LogP contribution in [0.5, 0.6) is 0 Å². The Hall–Kier alpha value is -3.35. The molecule has 3 rings (SSSR count). The van der Waals surface area contributed by atoms with Gasteiger partial charge < -0.3 is 15.6 Å². The molecule has 2 amide bonds. The number of para-hydroxylation sites is 1. The average Bonchev–Trinajstić information content (AvgIpc) is 3.10. The standard InChI is InChI=1S/C17H17N5O2/c1-21-9-12(14-4-2-3-5-15(14)21)6-7-17(24)20-13-8-19-22(10-13)11-16(18)23/h2-10H,11H2,1H3,(H2,18,23)(H,20,24). The molecule has 1 aromatic carbocycles. The fourth-order valence-corrected chi connectivity index (χ4v) is 2.53. The van der Waals surface area contributed by atoms with Gasteiger partial charge >= 0.3 is 0 Å². The van der Waals surface area contributed by atoms with Crippen molar-refractivity contribution in [2.24, 2.45) is 12.8 Å². The first-order valence-corrected chi connectivity index (χ1v) is 7.37. The smallest absolute Gasteiger partial charge is 0.248 e. The Kier molecular flexibility index (Phi) is 4.15. The lowest BCUT2D eigenvalue weighted by Gasteiger charge is -1.97. The molecular weight excluding hydrogens is 306 g/mol. The summed E-state index contributed by atoms with van der Waals surface area (Å²) in [6, 6.07) is 7.99. The predicted octanol–water partition coefficient (Wildman–Crippen LogP) is 1.51. The van der Waals surface area contributed by atoms with Crippen molar-refractivity contribution in [2.45, 2.75) is 6.54 Å². The second kappa shape index (κ2) is 6.41. The van der Waals surface area contributed by atoms with Crippen LogP contribution in [0.1, 0.15) is 5.56 Å². The lowest BCUT2D eigenvalue weighted by atomic mass is 10.1. The molecule has 2 heterocycles. The fourth-order valence-electron chi connectivity index (χ4n) is 2.53. The van der Waals surface area contributed by atoms with Crippen LogP contribution in [0.2, 0.25) is 0 Å². The summed E-state index contributed by atoms with van der Waals surface area (Å²) in [6.45, 7) is -0.0261. The third-order valence-corrected chi connectivity index (χ3v) is 3.56. The number of primary amides is 1. The number of hydrogen-bond donors (Lipinski definition) is 2. The van der Waals surface area contributed by atoms with Gasteiger partial charge in [0.2, 0.25) is 11.8 Å². The minimum Gasteiger partial charge on any atom is -0.368 e. The summed E-state index contributed by atoms with van der Waals surface area (Å²) in [6.07, 6.45) is 8.22. The molecule has 7 heteroatoms. The minimum absolute atomic E-state index is 0.0261. The van der Waals surface area contributed by atoms with Gasteiger partial charge in [-0.3, -0.25) is 14.3 Å². The van der Waals surface area contributed by atoms with Gasteiger partial charge in [-0.15, -0.1) is 0 Å². The van der Waals surface area contributed by atoms with Crippen molar-refractivity contribution in [3.63, 3.8) is 0 Å². The van der Waals surface area contributed by atoms with Gasteiger partial charge in [0.15, 0.2) is 0 Å². The molecular formula is C17H17N5O2. The molecule has 122 valence electrons. The second-order valence-corrected chi connectivity index (χ2v) is 5.43. The second-order valence-electron chi connectivity index (χ2n) is 5.43. The van der Waals surface area contributed by atoms with Crippen LogP contribution in [0, 0.1) is 0 Å². The number of aryl methyl sites for hydroxylation is 1. The van der Waals surface area contributed by atoms with E-state index in [9.17, 15) is 9.59 Å². The Morgan fingerprint density at radius 3 is 2.88 bits per heavy atom. The number of nitrogens with two attached hydrogens (primary N) is 1. The van der Waals surface area contributed by atoms with Crippen LogP contribution < -0.4 is 11.1 Å². The summed E-state index contributed by atoms with van der Waals surface area (Å²) < 4.78 is 3.38. The zero-order valence-electron chi connectivity index (χ0n) is 13.1. The molecule has 7 nitrogen and oxygen atoms in total. The Morgan fingerprint density at radius 2 is 2.08 bits per heavy atom. The van der Waals surface area contributed by atoms with E-state index in [2.05, 4.69) is 10.4 Å². The maximum Gasteiger partial charge on any atom is 0.248 e. The van der Waals surface area contributed by atoms with E-state index in [1.54, 1.807) is 12.3 Å². The number of rotatable bonds is 5. The monoisotopic (exact) mass is 323 g/mol. The Morgan fingerprint density at radius 1 is 1.29 bits per heavy atom. The average molecular weight is 323 g/mol. The summed E-state index contributed by atoms with van der Waals surface area (Å²) in [5, 5.41) is 7.72. The number of anilines is 1. The van der Waals surface area contributed by atoms with Gasteiger partial charge in [0.1, 0.15) is 6.54 Å². The van der Waals surface area contributed by atoms with Gasteiger partial charge in [0.25, 0.3) is 0 Å². The minimum atomic E-state index is -0.494. The highest BCUT2D eigenvalue weighted by Gasteiger charge is 2.05. The molecule has 3 aromatic rings. The fraction of sp³-hybridized carbons (Fsp3) is 0.118. The highest BCUT2D eigenvalue weighted by molar-refractivity contribution is 6.03. The molecule has 0 aliphatic rings. The third kappa shape index (κ3) is 3.35. The zero-order valence-corrected chi connectivity index (χ0v) is 13.1. The first kappa shape index (κ1) is 15.5. The highest BCUT2D eigenvalue weighted by atomic mass is 16.2. The molecule has 0 fully saturated rings. The number of amides is 2. The SMILES string of the molecule is Cn1cc(C=CC(=O)Nc2cnn(CC(N)=O)c2)c2ccccc21. The molecule has 2 aromatic heterocycles. The summed E-state index contributed by atoms with van der Waals surface area (Å²) in [5.74, 6) is -0.770. The van der Waals surface area contributed by atoms with Crippen molar-refractivity contribution in [3.8, 4) is 0 Å². The van der Waals surface area contributed by atoms with E-state index in [0.29, 0.717) is 5.69 Å². The van der Waals surface area contributed by atoms with Gasteiger partial charge in [0.05, 0.1) is 11.9 Å². The summed E-state index contributed by atoms with van der Waals surface area (Å²) in [7, 11) is 1.97. The van der Waals surface area contributed by atoms with Crippen molar-refractivity contribution >= 4 is 34.5 Å². The maximum atomic E-state index is 12.0. The van der Waals surface area contributed by atoms with Crippen LogP contribution in [-0.2, 0) is 23.2 Å². The van der Waals surface area contributed by atoms with Crippen LogP contribution >= 0.6 is 0 Å². The van der Waals surface area contributed by atoms with E-state index in [-0.39, 0.29) is 12.5 Å². The van der Waals surface area contributed by atoms with E-state index >= 15 is 0 Å². The molecule has 0 saturated heterocycles. The number of carbonyl (C=O) groups is 2. The molecule has 0 bridgehead atoms. The first-order chi connectivity index (χ1) is 11.5. The van der Waals surface area contributed by atoms with Crippen molar-refractivity contribution in [2.75, 3.05) is 5.32 Å². The van der Waals surface area contributed by atoms with Crippen LogP contribution in [0.25, 0.3) is 17.0 Å². The quantitative estimate of drug-likeness (QED) is 0.697. The van der Waals surface area contributed by atoms with Crippen molar-refractivity contribution in [1.29, 1.82) is 0 Å². The zero-order chi connectivity index (χ0) is 17.1. The number of nitrogens with one attached hydrogen (secondary N) is 1. The number of nitrogens with zero attached hydrogens (tertiary/aromatic N) is 3. The van der Waals surface area contributed by atoms with Crippen LogP contribution in [0.4, 0.5) is 5.69 Å². The first-order valence-electron chi connectivity index (χ1n) is 7.37. The third-order valence-electron chi connectivity index (χ3n) is 3.56. The van der Waals surface area contributed by atoms with Gasteiger partial charge in [-0.25, -0.2) is 0 Å². The van der Waals surface area contributed by atoms with E-state index in [0.717, 1.165) is 16.5 Å². The van der Waals surface area contributed by atoms with E-state index in [1.165, 1.54) is 17.0 Å². The predicted molar refractivity (Wildman–Crippen MR) is 92.0 cm³/mol. The van der Waals surface area contributed by atoms with Crippen molar-refractivity contribution in [3.05, 3.63) is 54.5 Å². The van der Waals surface area contributed by atoms with E-state index < -0.39 is 5.91 Å². The summed E-state index contributed by atoms with van der Waals surface area (Å²) >= 11 is 0. The van der Waals surface area contributed by atoms with Gasteiger partial charge in [0, 0.05) is 42.0 Å². The largest absolute Gasteiger partial charge is 0.368 e. The number of fused-ring (bicyclic) bond motifs is 1. The molecule has 0 saturated carbocycles.